The Balaban J connectivity index is 1.29. The molecule has 0 radical (unpaired) electrons. The maximum atomic E-state index is 12.9. The van der Waals surface area contributed by atoms with E-state index in [1.165, 1.54) is 0 Å². The number of carbonyl (C=O) groups excluding carboxylic acids is 3. The summed E-state index contributed by atoms with van der Waals surface area (Å²) < 4.78 is 7.32. The Morgan fingerprint density at radius 2 is 1.94 bits per heavy atom. The highest BCUT2D eigenvalue weighted by Crippen LogP contribution is 2.18. The normalized spacial score (nSPS) is 18.8. The highest BCUT2D eigenvalue weighted by molar-refractivity contribution is 5.97. The minimum atomic E-state index is -0.323. The summed E-state index contributed by atoms with van der Waals surface area (Å²) in [6.45, 7) is 3.17. The molecule has 3 heterocycles. The fourth-order valence-electron chi connectivity index (χ4n) is 3.89. The fraction of sp³-hybridized carbons (Fsp3) is 0.455. The lowest BCUT2D eigenvalue weighted by atomic mass is 10.1. The van der Waals surface area contributed by atoms with Gasteiger partial charge in [-0.3, -0.25) is 14.4 Å². The van der Waals surface area contributed by atoms with Crippen LogP contribution in [-0.4, -0.2) is 76.0 Å². The number of piperazine rings is 1. The van der Waals surface area contributed by atoms with E-state index in [-0.39, 0.29) is 23.8 Å². The van der Waals surface area contributed by atoms with Gasteiger partial charge in [0.2, 0.25) is 5.91 Å². The zero-order chi connectivity index (χ0) is 21.6. The summed E-state index contributed by atoms with van der Waals surface area (Å²) in [5.74, 6) is -0.191. The van der Waals surface area contributed by atoms with Crippen LogP contribution in [0.25, 0.3) is 0 Å². The van der Waals surface area contributed by atoms with Crippen molar-refractivity contribution in [1.29, 1.82) is 0 Å². The molecule has 1 aromatic carbocycles. The highest BCUT2D eigenvalue weighted by atomic mass is 16.5. The van der Waals surface area contributed by atoms with Crippen molar-refractivity contribution in [3.63, 3.8) is 0 Å². The van der Waals surface area contributed by atoms with Gasteiger partial charge >= 0.3 is 0 Å². The first-order valence-corrected chi connectivity index (χ1v) is 10.7. The van der Waals surface area contributed by atoms with Crippen molar-refractivity contribution in [3.05, 3.63) is 48.5 Å². The average molecular weight is 425 g/mol. The molecule has 2 aliphatic heterocycles. The minimum Gasteiger partial charge on any atom is -0.368 e. The third-order valence-corrected chi connectivity index (χ3v) is 5.63. The van der Waals surface area contributed by atoms with Crippen LogP contribution in [0.1, 0.15) is 29.6 Å². The molecule has 3 amide bonds. The smallest absolute Gasteiger partial charge is 0.254 e. The van der Waals surface area contributed by atoms with E-state index in [0.29, 0.717) is 57.0 Å². The molecule has 1 aromatic heterocycles. The number of imidazole rings is 1. The minimum absolute atomic E-state index is 0.0324. The van der Waals surface area contributed by atoms with Crippen LogP contribution in [0.15, 0.2) is 43.0 Å². The van der Waals surface area contributed by atoms with Crippen molar-refractivity contribution in [1.82, 2.24) is 19.4 Å². The number of hydrogen-bond donors (Lipinski definition) is 1. The van der Waals surface area contributed by atoms with Crippen molar-refractivity contribution >= 4 is 23.4 Å². The van der Waals surface area contributed by atoms with Gasteiger partial charge < -0.3 is 24.4 Å². The topological polar surface area (TPSA) is 96.8 Å². The van der Waals surface area contributed by atoms with E-state index in [2.05, 4.69) is 10.3 Å². The van der Waals surface area contributed by atoms with Crippen LogP contribution < -0.4 is 5.32 Å². The van der Waals surface area contributed by atoms with Gasteiger partial charge in [0.15, 0.2) is 0 Å². The summed E-state index contributed by atoms with van der Waals surface area (Å²) in [4.78, 5) is 45.1. The van der Waals surface area contributed by atoms with E-state index in [9.17, 15) is 14.4 Å². The molecular weight excluding hydrogens is 398 g/mol. The first-order chi connectivity index (χ1) is 15.1. The molecule has 9 nitrogen and oxygen atoms in total. The van der Waals surface area contributed by atoms with Crippen molar-refractivity contribution < 1.29 is 19.1 Å². The Labute approximate surface area is 181 Å². The average Bonchev–Trinajstić information content (AvgIpc) is 3.51. The molecule has 2 saturated heterocycles. The van der Waals surface area contributed by atoms with E-state index in [1.807, 2.05) is 4.57 Å². The van der Waals surface area contributed by atoms with Gasteiger partial charge in [0, 0.05) is 69.4 Å². The number of benzene rings is 1. The molecule has 0 saturated carbocycles. The van der Waals surface area contributed by atoms with Gasteiger partial charge in [-0.1, -0.05) is 6.07 Å². The van der Waals surface area contributed by atoms with Gasteiger partial charge in [-0.2, -0.15) is 0 Å². The van der Waals surface area contributed by atoms with Crippen molar-refractivity contribution in [3.8, 4) is 0 Å². The summed E-state index contributed by atoms with van der Waals surface area (Å²) in [6.07, 6.45) is 6.84. The molecule has 1 unspecified atom stereocenters. The van der Waals surface area contributed by atoms with Gasteiger partial charge in [-0.05, 0) is 31.0 Å². The standard InChI is InChI=1S/C22H27N5O4/c28-20(6-8-25-9-7-23-16-25)24-18-4-1-3-17(15-18)21(29)26-10-12-27(13-11-26)22(30)19-5-2-14-31-19/h1,3-4,7,9,15-16,19H,2,5-6,8,10-14H2,(H,24,28). The van der Waals surface area contributed by atoms with Gasteiger partial charge in [-0.15, -0.1) is 0 Å². The Bertz CT molecular complexity index is 916. The molecule has 1 atom stereocenters. The lowest BCUT2D eigenvalue weighted by molar-refractivity contribution is -0.142. The SMILES string of the molecule is O=C(CCn1ccnc1)Nc1cccc(C(=O)N2CCN(C(=O)C3CCCO3)CC2)c1. The third-order valence-electron chi connectivity index (χ3n) is 5.63. The first-order valence-electron chi connectivity index (χ1n) is 10.7. The number of nitrogens with one attached hydrogen (secondary N) is 1. The maximum Gasteiger partial charge on any atom is 0.254 e. The highest BCUT2D eigenvalue weighted by Gasteiger charge is 2.31. The second kappa shape index (κ2) is 9.74. The molecule has 0 bridgehead atoms. The number of aryl methyl sites for hydroxylation is 1. The lowest BCUT2D eigenvalue weighted by Crippen LogP contribution is -2.52. The number of anilines is 1. The molecule has 1 N–H and O–H groups in total. The van der Waals surface area contributed by atoms with Crippen LogP contribution >= 0.6 is 0 Å². The van der Waals surface area contributed by atoms with E-state index in [1.54, 1.807) is 52.8 Å². The van der Waals surface area contributed by atoms with Crippen LogP contribution in [0, 0.1) is 0 Å². The number of hydrogen-bond acceptors (Lipinski definition) is 5. The van der Waals surface area contributed by atoms with Crippen LogP contribution in [0.2, 0.25) is 0 Å². The molecule has 2 aromatic rings. The third kappa shape index (κ3) is 5.29. The second-order valence-corrected chi connectivity index (χ2v) is 7.80. The Morgan fingerprint density at radius 1 is 1.13 bits per heavy atom. The van der Waals surface area contributed by atoms with Crippen LogP contribution in [-0.2, 0) is 20.9 Å². The summed E-state index contributed by atoms with van der Waals surface area (Å²) >= 11 is 0. The number of aromatic nitrogens is 2. The summed E-state index contributed by atoms with van der Waals surface area (Å²) in [5, 5.41) is 2.85. The van der Waals surface area contributed by atoms with Crippen LogP contribution in [0.4, 0.5) is 5.69 Å². The largest absolute Gasteiger partial charge is 0.368 e. The molecule has 2 aliphatic rings. The van der Waals surface area contributed by atoms with E-state index >= 15 is 0 Å². The van der Waals surface area contributed by atoms with E-state index in [0.717, 1.165) is 12.8 Å². The summed E-state index contributed by atoms with van der Waals surface area (Å²) in [6, 6.07) is 6.97. The first kappa shape index (κ1) is 21.0. The summed E-state index contributed by atoms with van der Waals surface area (Å²) in [7, 11) is 0. The van der Waals surface area contributed by atoms with Crippen LogP contribution in [0.3, 0.4) is 0 Å². The molecule has 0 aliphatic carbocycles. The predicted octanol–water partition coefficient (Wildman–Crippen LogP) is 1.38. The van der Waals surface area contributed by atoms with Gasteiger partial charge in [-0.25, -0.2) is 4.98 Å². The monoisotopic (exact) mass is 425 g/mol. The maximum absolute atomic E-state index is 12.9. The van der Waals surface area contributed by atoms with Crippen molar-refractivity contribution in [2.24, 2.45) is 0 Å². The predicted molar refractivity (Wildman–Crippen MR) is 113 cm³/mol. The molecule has 31 heavy (non-hydrogen) atoms. The Hall–Kier alpha value is -3.20. The molecular formula is C22H27N5O4. The van der Waals surface area contributed by atoms with Crippen molar-refractivity contribution in [2.45, 2.75) is 31.9 Å². The van der Waals surface area contributed by atoms with Crippen LogP contribution in [0.5, 0.6) is 0 Å². The number of rotatable bonds is 6. The van der Waals surface area contributed by atoms with E-state index in [4.69, 9.17) is 4.74 Å². The molecule has 0 spiro atoms. The van der Waals surface area contributed by atoms with Gasteiger partial charge in [0.05, 0.1) is 6.33 Å². The zero-order valence-corrected chi connectivity index (χ0v) is 17.4. The number of carbonyl (C=O) groups is 3. The molecule has 4 rings (SSSR count). The lowest BCUT2D eigenvalue weighted by Gasteiger charge is -2.35. The number of nitrogens with zero attached hydrogens (tertiary/aromatic N) is 4. The second-order valence-electron chi connectivity index (χ2n) is 7.80. The van der Waals surface area contributed by atoms with Gasteiger partial charge in [0.25, 0.3) is 11.8 Å². The quantitative estimate of drug-likeness (QED) is 0.754. The Kier molecular flexibility index (Phi) is 6.61. The Morgan fingerprint density at radius 3 is 2.65 bits per heavy atom. The van der Waals surface area contributed by atoms with E-state index < -0.39 is 0 Å². The summed E-state index contributed by atoms with van der Waals surface area (Å²) in [5.41, 5.74) is 1.11. The number of ether oxygens (including phenoxy) is 1. The molecule has 9 heteroatoms. The van der Waals surface area contributed by atoms with Gasteiger partial charge in [0.1, 0.15) is 6.10 Å². The fourth-order valence-corrected chi connectivity index (χ4v) is 3.89. The van der Waals surface area contributed by atoms with Crippen molar-refractivity contribution in [2.75, 3.05) is 38.1 Å². The zero-order valence-electron chi connectivity index (χ0n) is 17.4. The molecule has 164 valence electrons. The number of amides is 3. The molecule has 2 fully saturated rings.